The van der Waals surface area contributed by atoms with Crippen LogP contribution in [0.25, 0.3) is 0 Å². The molecule has 0 aliphatic heterocycles. The van der Waals surface area contributed by atoms with Crippen molar-refractivity contribution in [1.82, 2.24) is 5.43 Å². The third kappa shape index (κ3) is 6.48. The number of hydrazone groups is 1. The molecule has 1 N–H and O–H groups in total. The van der Waals surface area contributed by atoms with Crippen LogP contribution in [0, 0.1) is 5.82 Å². The fourth-order valence-corrected chi connectivity index (χ4v) is 3.63. The number of amides is 1. The van der Waals surface area contributed by atoms with Crippen molar-refractivity contribution in [2.45, 2.75) is 13.5 Å². The predicted molar refractivity (Wildman–Crippen MR) is 131 cm³/mol. The lowest BCUT2D eigenvalue weighted by molar-refractivity contribution is 0.0954. The van der Waals surface area contributed by atoms with E-state index in [4.69, 9.17) is 18.9 Å². The SMILES string of the molecule is CCOc1cc(/C=N/NC(=O)c2ccc(OC)c(OC)c2)cc(Br)c1OCc1cccc(F)c1. The number of nitrogens with one attached hydrogen (secondary N) is 1. The summed E-state index contributed by atoms with van der Waals surface area (Å²) in [5.41, 5.74) is 4.21. The van der Waals surface area contributed by atoms with E-state index < -0.39 is 5.91 Å². The molecule has 3 aromatic rings. The molecule has 0 bridgehead atoms. The monoisotopic (exact) mass is 530 g/mol. The molecule has 0 saturated heterocycles. The summed E-state index contributed by atoms with van der Waals surface area (Å²) in [7, 11) is 3.02. The molecule has 0 atom stereocenters. The van der Waals surface area contributed by atoms with Gasteiger partial charge in [-0.3, -0.25) is 4.79 Å². The van der Waals surface area contributed by atoms with Crippen molar-refractivity contribution in [3.8, 4) is 23.0 Å². The lowest BCUT2D eigenvalue weighted by Gasteiger charge is -2.14. The Kier molecular flexibility index (Phi) is 8.86. The number of carbonyl (C=O) groups excluding carboxylic acids is 1. The Morgan fingerprint density at radius 1 is 1.03 bits per heavy atom. The normalized spacial score (nSPS) is 10.7. The molecule has 7 nitrogen and oxygen atoms in total. The van der Waals surface area contributed by atoms with Crippen molar-refractivity contribution < 1.29 is 28.1 Å². The molecule has 34 heavy (non-hydrogen) atoms. The first-order chi connectivity index (χ1) is 16.4. The summed E-state index contributed by atoms with van der Waals surface area (Å²) in [6.45, 7) is 2.44. The first-order valence-electron chi connectivity index (χ1n) is 10.3. The minimum Gasteiger partial charge on any atom is -0.493 e. The average molecular weight is 531 g/mol. The highest BCUT2D eigenvalue weighted by atomic mass is 79.9. The number of hydrogen-bond acceptors (Lipinski definition) is 6. The summed E-state index contributed by atoms with van der Waals surface area (Å²) in [5, 5.41) is 4.04. The third-order valence-electron chi connectivity index (χ3n) is 4.63. The van der Waals surface area contributed by atoms with E-state index in [1.165, 1.54) is 32.6 Å². The van der Waals surface area contributed by atoms with Gasteiger partial charge in [-0.15, -0.1) is 0 Å². The number of rotatable bonds is 10. The van der Waals surface area contributed by atoms with E-state index in [9.17, 15) is 9.18 Å². The van der Waals surface area contributed by atoms with Crippen LogP contribution in [0.3, 0.4) is 0 Å². The van der Waals surface area contributed by atoms with Gasteiger partial charge in [0.15, 0.2) is 23.0 Å². The molecule has 9 heteroatoms. The van der Waals surface area contributed by atoms with Gasteiger partial charge in [-0.2, -0.15) is 5.10 Å². The lowest BCUT2D eigenvalue weighted by atomic mass is 10.2. The van der Waals surface area contributed by atoms with E-state index in [1.807, 2.05) is 6.92 Å². The molecule has 0 saturated carbocycles. The van der Waals surface area contributed by atoms with Gasteiger partial charge in [-0.1, -0.05) is 12.1 Å². The van der Waals surface area contributed by atoms with Gasteiger partial charge >= 0.3 is 0 Å². The van der Waals surface area contributed by atoms with Crippen LogP contribution in [-0.2, 0) is 6.61 Å². The van der Waals surface area contributed by atoms with Crippen LogP contribution in [0.4, 0.5) is 4.39 Å². The highest BCUT2D eigenvalue weighted by molar-refractivity contribution is 9.10. The minimum atomic E-state index is -0.406. The molecule has 0 heterocycles. The Balaban J connectivity index is 1.72. The standard InChI is InChI=1S/C25H24BrFN2O5/c1-4-33-23-12-17(11-20(26)24(23)34-15-16-6-5-7-19(27)10-16)14-28-29-25(30)18-8-9-21(31-2)22(13-18)32-3/h5-14H,4,15H2,1-3H3,(H,29,30)/b28-14+. The summed E-state index contributed by atoms with van der Waals surface area (Å²) >= 11 is 3.49. The van der Waals surface area contributed by atoms with E-state index in [0.717, 1.165) is 0 Å². The van der Waals surface area contributed by atoms with Crippen molar-refractivity contribution in [1.29, 1.82) is 0 Å². The van der Waals surface area contributed by atoms with E-state index in [0.29, 0.717) is 50.8 Å². The number of methoxy groups -OCH3 is 2. The first kappa shape index (κ1) is 25.0. The predicted octanol–water partition coefficient (Wildman–Crippen LogP) is 5.35. The molecule has 0 radical (unpaired) electrons. The molecule has 0 fully saturated rings. The quantitative estimate of drug-likeness (QED) is 0.282. The van der Waals surface area contributed by atoms with Crippen molar-refractivity contribution >= 4 is 28.1 Å². The Morgan fingerprint density at radius 3 is 2.53 bits per heavy atom. The topological polar surface area (TPSA) is 78.4 Å². The van der Waals surface area contributed by atoms with Crippen LogP contribution in [0.5, 0.6) is 23.0 Å². The fraction of sp³-hybridized carbons (Fsp3) is 0.200. The lowest BCUT2D eigenvalue weighted by Crippen LogP contribution is -2.17. The number of carbonyl (C=O) groups is 1. The molecule has 0 aromatic heterocycles. The average Bonchev–Trinajstić information content (AvgIpc) is 2.83. The third-order valence-corrected chi connectivity index (χ3v) is 5.22. The van der Waals surface area contributed by atoms with E-state index in [1.54, 1.807) is 42.5 Å². The summed E-state index contributed by atoms with van der Waals surface area (Å²) in [4.78, 5) is 12.4. The molecular formula is C25H24BrFN2O5. The number of halogens is 2. The maximum Gasteiger partial charge on any atom is 0.271 e. The zero-order chi connectivity index (χ0) is 24.5. The van der Waals surface area contributed by atoms with Crippen molar-refractivity contribution in [3.63, 3.8) is 0 Å². The summed E-state index contributed by atoms with van der Waals surface area (Å²) < 4.78 is 36.1. The fourth-order valence-electron chi connectivity index (χ4n) is 3.06. The van der Waals surface area contributed by atoms with Gasteiger partial charge in [-0.25, -0.2) is 9.82 Å². The van der Waals surface area contributed by atoms with Crippen molar-refractivity contribution in [2.75, 3.05) is 20.8 Å². The molecule has 0 spiro atoms. The van der Waals surface area contributed by atoms with Gasteiger partial charge in [0.25, 0.3) is 5.91 Å². The Morgan fingerprint density at radius 2 is 1.82 bits per heavy atom. The zero-order valence-corrected chi connectivity index (χ0v) is 20.5. The van der Waals surface area contributed by atoms with Crippen molar-refractivity contribution in [2.24, 2.45) is 5.10 Å². The molecule has 1 amide bonds. The van der Waals surface area contributed by atoms with Crippen LogP contribution < -0.4 is 24.4 Å². The maximum absolute atomic E-state index is 13.4. The van der Waals surface area contributed by atoms with Crippen LogP contribution in [-0.4, -0.2) is 32.9 Å². The first-order valence-corrected chi connectivity index (χ1v) is 11.1. The Labute approximate surface area is 205 Å². The van der Waals surface area contributed by atoms with E-state index >= 15 is 0 Å². The summed E-state index contributed by atoms with van der Waals surface area (Å²) in [5.74, 6) is 1.20. The van der Waals surface area contributed by atoms with Crippen LogP contribution >= 0.6 is 15.9 Å². The minimum absolute atomic E-state index is 0.172. The largest absolute Gasteiger partial charge is 0.493 e. The van der Waals surface area contributed by atoms with Crippen molar-refractivity contribution in [3.05, 3.63) is 81.6 Å². The van der Waals surface area contributed by atoms with Gasteiger partial charge in [0.1, 0.15) is 12.4 Å². The molecular weight excluding hydrogens is 507 g/mol. The van der Waals surface area contributed by atoms with Gasteiger partial charge in [0, 0.05) is 5.56 Å². The van der Waals surface area contributed by atoms with Gasteiger partial charge < -0.3 is 18.9 Å². The molecule has 0 aliphatic rings. The van der Waals surface area contributed by atoms with Gasteiger partial charge in [0.05, 0.1) is 31.5 Å². The number of benzene rings is 3. The van der Waals surface area contributed by atoms with Crippen LogP contribution in [0.2, 0.25) is 0 Å². The molecule has 0 unspecified atom stereocenters. The van der Waals surface area contributed by atoms with Gasteiger partial charge in [-0.05, 0) is 76.4 Å². The Hall–Kier alpha value is -3.59. The highest BCUT2D eigenvalue weighted by Gasteiger charge is 2.13. The number of hydrogen-bond donors (Lipinski definition) is 1. The molecule has 178 valence electrons. The number of nitrogens with zero attached hydrogens (tertiary/aromatic N) is 1. The second-order valence-electron chi connectivity index (χ2n) is 6.95. The summed E-state index contributed by atoms with van der Waals surface area (Å²) in [6.07, 6.45) is 1.49. The van der Waals surface area contributed by atoms with E-state index in [2.05, 4.69) is 26.5 Å². The smallest absolute Gasteiger partial charge is 0.271 e. The molecule has 0 aliphatic carbocycles. The summed E-state index contributed by atoms with van der Waals surface area (Å²) in [6, 6.07) is 14.5. The van der Waals surface area contributed by atoms with Crippen LogP contribution in [0.15, 0.2) is 64.2 Å². The van der Waals surface area contributed by atoms with Crippen LogP contribution in [0.1, 0.15) is 28.4 Å². The Bertz CT molecular complexity index is 1190. The number of ether oxygens (including phenoxy) is 4. The van der Waals surface area contributed by atoms with Gasteiger partial charge in [0.2, 0.25) is 0 Å². The zero-order valence-electron chi connectivity index (χ0n) is 18.9. The second kappa shape index (κ2) is 12.0. The molecule has 3 aromatic carbocycles. The second-order valence-corrected chi connectivity index (χ2v) is 7.80. The highest BCUT2D eigenvalue weighted by Crippen LogP contribution is 2.37. The maximum atomic E-state index is 13.4. The molecule has 3 rings (SSSR count). The van der Waals surface area contributed by atoms with E-state index in [-0.39, 0.29) is 12.4 Å².